The first kappa shape index (κ1) is 27.6. The second kappa shape index (κ2) is 11.0. The number of sulfonamides is 1. The van der Waals surface area contributed by atoms with Gasteiger partial charge in [0.1, 0.15) is 11.6 Å². The summed E-state index contributed by atoms with van der Waals surface area (Å²) in [5, 5.41) is 10.5. The molecule has 1 aliphatic rings. The monoisotopic (exact) mass is 544 g/mol. The van der Waals surface area contributed by atoms with Gasteiger partial charge in [-0.15, -0.1) is 0 Å². The van der Waals surface area contributed by atoms with E-state index in [2.05, 4.69) is 14.7 Å². The first-order chi connectivity index (χ1) is 16.3. The van der Waals surface area contributed by atoms with E-state index in [1.165, 1.54) is 30.6 Å². The van der Waals surface area contributed by atoms with Gasteiger partial charge < -0.3 is 10.8 Å². The molecule has 1 heterocycles. The minimum Gasteiger partial charge on any atom is -0.391 e. The number of aliphatic hydroxyl groups excluding tert-OH is 1. The molecule has 0 aliphatic heterocycles. The van der Waals surface area contributed by atoms with Crippen molar-refractivity contribution in [1.82, 2.24) is 14.7 Å². The summed E-state index contributed by atoms with van der Waals surface area (Å²) in [5.41, 5.74) is 8.46. The quantitative estimate of drug-likeness (QED) is 0.353. The standard InChI is InChI=1S/C25H21FN4O3S.2H2S/c26-20-11-16(9-10-19(20)21-13-29-24(27)14-28-21)17-6-3-4-8-23(17)34(32,33)30-25-18-7-2-1-5-15(18)12-22(25)31;;/h1-11,13-14,22,25,30-31H,12H2,(H2,27,29);2*1H2/t22-,25+;;/m0../s1. The summed E-state index contributed by atoms with van der Waals surface area (Å²) in [5.74, 6) is -0.348. The lowest BCUT2D eigenvalue weighted by Gasteiger charge is -2.19. The molecule has 2 atom stereocenters. The molecule has 0 unspecified atom stereocenters. The van der Waals surface area contributed by atoms with Crippen molar-refractivity contribution < 1.29 is 17.9 Å². The van der Waals surface area contributed by atoms with Gasteiger partial charge in [-0.05, 0) is 34.9 Å². The van der Waals surface area contributed by atoms with Crippen molar-refractivity contribution in [2.24, 2.45) is 0 Å². The molecule has 1 aliphatic carbocycles. The summed E-state index contributed by atoms with van der Waals surface area (Å²) in [6.07, 6.45) is 2.20. The molecular formula is C25H25FN4O3S3. The summed E-state index contributed by atoms with van der Waals surface area (Å²) >= 11 is 0. The Bertz CT molecular complexity index is 1480. The second-order valence-corrected chi connectivity index (χ2v) is 9.77. The van der Waals surface area contributed by atoms with Crippen LogP contribution in [0.2, 0.25) is 0 Å². The van der Waals surface area contributed by atoms with E-state index in [-0.39, 0.29) is 43.3 Å². The highest BCUT2D eigenvalue weighted by atomic mass is 32.2. The maximum atomic E-state index is 15.0. The van der Waals surface area contributed by atoms with Gasteiger partial charge in [0.15, 0.2) is 0 Å². The minimum atomic E-state index is -4.05. The van der Waals surface area contributed by atoms with Crippen LogP contribution < -0.4 is 10.5 Å². The van der Waals surface area contributed by atoms with Crippen LogP contribution in [0.15, 0.2) is 84.0 Å². The molecule has 1 aromatic heterocycles. The van der Waals surface area contributed by atoms with E-state index >= 15 is 0 Å². The molecule has 7 nitrogen and oxygen atoms in total. The van der Waals surface area contributed by atoms with Crippen LogP contribution in [0.5, 0.6) is 0 Å². The lowest BCUT2D eigenvalue weighted by molar-refractivity contribution is 0.151. The van der Waals surface area contributed by atoms with Crippen molar-refractivity contribution in [3.05, 3.63) is 96.1 Å². The molecule has 188 valence electrons. The highest BCUT2D eigenvalue weighted by molar-refractivity contribution is 7.89. The number of fused-ring (bicyclic) bond motifs is 1. The fourth-order valence-electron chi connectivity index (χ4n) is 4.25. The predicted molar refractivity (Wildman–Crippen MR) is 147 cm³/mol. The number of aromatic nitrogens is 2. The Morgan fingerprint density at radius 2 is 1.67 bits per heavy atom. The third kappa shape index (κ3) is 5.25. The van der Waals surface area contributed by atoms with E-state index in [4.69, 9.17) is 5.73 Å². The number of benzene rings is 3. The zero-order valence-corrected chi connectivity index (χ0v) is 21.7. The maximum Gasteiger partial charge on any atom is 0.241 e. The number of anilines is 1. The molecule has 0 spiro atoms. The number of aliphatic hydroxyl groups is 1. The van der Waals surface area contributed by atoms with E-state index in [1.807, 2.05) is 18.2 Å². The summed E-state index contributed by atoms with van der Waals surface area (Å²) in [6.45, 7) is 0. The molecular weight excluding hydrogens is 519 g/mol. The number of nitrogens with one attached hydrogen (secondary N) is 1. The van der Waals surface area contributed by atoms with E-state index in [1.54, 1.807) is 30.3 Å². The molecule has 0 fully saturated rings. The Morgan fingerprint density at radius 3 is 2.39 bits per heavy atom. The highest BCUT2D eigenvalue weighted by Gasteiger charge is 2.35. The molecule has 4 aromatic rings. The van der Waals surface area contributed by atoms with Crippen molar-refractivity contribution >= 4 is 42.8 Å². The van der Waals surface area contributed by atoms with Crippen molar-refractivity contribution in [2.75, 3.05) is 5.73 Å². The normalized spacial score (nSPS) is 16.5. The minimum absolute atomic E-state index is 0. The first-order valence-electron chi connectivity index (χ1n) is 10.6. The van der Waals surface area contributed by atoms with Gasteiger partial charge in [-0.2, -0.15) is 27.0 Å². The van der Waals surface area contributed by atoms with Gasteiger partial charge in [0.05, 0.1) is 35.1 Å². The Balaban J connectivity index is 0.00000180. The second-order valence-electron chi connectivity index (χ2n) is 8.09. The number of nitrogens with two attached hydrogens (primary N) is 1. The van der Waals surface area contributed by atoms with Crippen LogP contribution in [0.25, 0.3) is 22.4 Å². The first-order valence-corrected chi connectivity index (χ1v) is 12.1. The van der Waals surface area contributed by atoms with Crippen LogP contribution in [0.4, 0.5) is 10.2 Å². The summed E-state index contributed by atoms with van der Waals surface area (Å²) in [4.78, 5) is 8.02. The van der Waals surface area contributed by atoms with Crippen molar-refractivity contribution in [2.45, 2.75) is 23.5 Å². The molecule has 0 saturated heterocycles. The number of hydrogen-bond acceptors (Lipinski definition) is 6. The fraction of sp³-hybridized carbons (Fsp3) is 0.120. The number of hydrogen-bond donors (Lipinski definition) is 3. The number of nitrogen functional groups attached to an aromatic ring is 1. The largest absolute Gasteiger partial charge is 0.391 e. The Labute approximate surface area is 222 Å². The third-order valence-corrected chi connectivity index (χ3v) is 7.39. The average molecular weight is 545 g/mol. The topological polar surface area (TPSA) is 118 Å². The average Bonchev–Trinajstić information content (AvgIpc) is 3.14. The van der Waals surface area contributed by atoms with E-state index in [0.29, 0.717) is 23.2 Å². The van der Waals surface area contributed by atoms with Crippen molar-refractivity contribution in [3.63, 3.8) is 0 Å². The summed E-state index contributed by atoms with van der Waals surface area (Å²) < 4.78 is 44.4. The van der Waals surface area contributed by atoms with Gasteiger partial charge in [-0.3, -0.25) is 4.98 Å². The molecule has 36 heavy (non-hydrogen) atoms. The molecule has 0 radical (unpaired) electrons. The van der Waals surface area contributed by atoms with Crippen molar-refractivity contribution in [1.29, 1.82) is 0 Å². The van der Waals surface area contributed by atoms with Crippen LogP contribution in [0, 0.1) is 5.82 Å². The van der Waals surface area contributed by atoms with E-state index in [0.717, 1.165) is 11.1 Å². The zero-order chi connectivity index (χ0) is 23.9. The molecule has 3 aromatic carbocycles. The highest BCUT2D eigenvalue weighted by Crippen LogP contribution is 2.35. The summed E-state index contributed by atoms with van der Waals surface area (Å²) in [7, 11) is -4.05. The Morgan fingerprint density at radius 1 is 0.944 bits per heavy atom. The van der Waals surface area contributed by atoms with Gasteiger partial charge in [0, 0.05) is 17.5 Å². The fourth-order valence-corrected chi connectivity index (χ4v) is 5.73. The molecule has 5 rings (SSSR count). The van der Waals surface area contributed by atoms with Gasteiger partial charge in [0.2, 0.25) is 10.0 Å². The van der Waals surface area contributed by atoms with Crippen LogP contribution in [-0.2, 0) is 16.4 Å². The summed E-state index contributed by atoms with van der Waals surface area (Å²) in [6, 6.07) is 17.4. The maximum absolute atomic E-state index is 15.0. The lowest BCUT2D eigenvalue weighted by atomic mass is 10.0. The molecule has 11 heteroatoms. The number of rotatable bonds is 5. The molecule has 4 N–H and O–H groups in total. The van der Waals surface area contributed by atoms with Gasteiger partial charge in [-0.1, -0.05) is 48.5 Å². The molecule has 0 amide bonds. The Kier molecular flexibility index (Phi) is 8.42. The van der Waals surface area contributed by atoms with Crippen molar-refractivity contribution in [3.8, 4) is 22.4 Å². The van der Waals surface area contributed by atoms with E-state index < -0.39 is 28.0 Å². The third-order valence-electron chi connectivity index (χ3n) is 5.89. The predicted octanol–water partition coefficient (Wildman–Crippen LogP) is 3.69. The van der Waals surface area contributed by atoms with Gasteiger partial charge in [-0.25, -0.2) is 22.5 Å². The Hall–Kier alpha value is -2.96. The van der Waals surface area contributed by atoms with E-state index in [9.17, 15) is 17.9 Å². The van der Waals surface area contributed by atoms with Crippen LogP contribution in [-0.4, -0.2) is 29.6 Å². The smallest absolute Gasteiger partial charge is 0.241 e. The lowest BCUT2D eigenvalue weighted by Crippen LogP contribution is -2.34. The molecule has 0 bridgehead atoms. The van der Waals surface area contributed by atoms with Crippen LogP contribution in [0.3, 0.4) is 0 Å². The van der Waals surface area contributed by atoms with Crippen LogP contribution in [0.1, 0.15) is 17.2 Å². The van der Waals surface area contributed by atoms with Crippen LogP contribution >= 0.6 is 27.0 Å². The number of halogens is 1. The van der Waals surface area contributed by atoms with Gasteiger partial charge in [0.25, 0.3) is 0 Å². The number of nitrogens with zero attached hydrogens (tertiary/aromatic N) is 2. The van der Waals surface area contributed by atoms with Gasteiger partial charge >= 0.3 is 0 Å². The zero-order valence-electron chi connectivity index (χ0n) is 18.9. The molecule has 0 saturated carbocycles. The SMILES string of the molecule is Nc1cnc(-c2ccc(-c3ccccc3S(=O)(=O)N[C@@H]3c4ccccc4C[C@@H]3O)cc2F)cn1.S.S.